The molecular weight excluding hydrogens is 182 g/mol. The summed E-state index contributed by atoms with van der Waals surface area (Å²) >= 11 is 0. The summed E-state index contributed by atoms with van der Waals surface area (Å²) in [6, 6.07) is 0. The van der Waals surface area contributed by atoms with E-state index in [1.807, 2.05) is 34.6 Å². The third kappa shape index (κ3) is 19.8. The smallest absolute Gasteiger partial charge is 0.0186 e. The van der Waals surface area contributed by atoms with E-state index < -0.39 is 0 Å². The Bertz CT molecular complexity index is 141. The maximum Gasteiger partial charge on any atom is 0.0186 e. The SMILES string of the molecule is CC.CC.CC#CC(C)CCN(C)CC. The lowest BCUT2D eigenvalue weighted by Crippen LogP contribution is -2.20. The average molecular weight is 213 g/mol. The predicted molar refractivity (Wildman–Crippen MR) is 73.1 cm³/mol. The highest BCUT2D eigenvalue weighted by molar-refractivity contribution is 4.99. The van der Waals surface area contributed by atoms with Gasteiger partial charge in [-0.05, 0) is 33.5 Å². The van der Waals surface area contributed by atoms with Crippen LogP contribution in [0.3, 0.4) is 0 Å². The lowest BCUT2D eigenvalue weighted by atomic mass is 10.1. The van der Waals surface area contributed by atoms with E-state index in [0.29, 0.717) is 5.92 Å². The molecule has 0 saturated carbocycles. The fourth-order valence-electron chi connectivity index (χ4n) is 0.891. The van der Waals surface area contributed by atoms with Crippen molar-refractivity contribution in [2.45, 2.75) is 54.9 Å². The van der Waals surface area contributed by atoms with Gasteiger partial charge >= 0.3 is 0 Å². The number of hydrogen-bond acceptors (Lipinski definition) is 1. The van der Waals surface area contributed by atoms with Gasteiger partial charge in [0.05, 0.1) is 0 Å². The first kappa shape index (κ1) is 20.0. The molecule has 0 aromatic heterocycles. The van der Waals surface area contributed by atoms with E-state index >= 15 is 0 Å². The van der Waals surface area contributed by atoms with E-state index in [4.69, 9.17) is 0 Å². The van der Waals surface area contributed by atoms with E-state index in [9.17, 15) is 0 Å². The lowest BCUT2D eigenvalue weighted by Gasteiger charge is -2.14. The van der Waals surface area contributed by atoms with Crippen LogP contribution in [0.4, 0.5) is 0 Å². The molecule has 0 amide bonds. The molecule has 0 aromatic carbocycles. The zero-order chi connectivity index (χ0) is 12.7. The highest BCUT2D eigenvalue weighted by atomic mass is 15.1. The molecule has 0 aliphatic heterocycles. The monoisotopic (exact) mass is 213 g/mol. The number of rotatable bonds is 4. The summed E-state index contributed by atoms with van der Waals surface area (Å²) in [7, 11) is 2.14. The summed E-state index contributed by atoms with van der Waals surface area (Å²) in [5, 5.41) is 0. The van der Waals surface area contributed by atoms with Crippen molar-refractivity contribution < 1.29 is 0 Å². The molecule has 0 heterocycles. The van der Waals surface area contributed by atoms with Crippen LogP contribution in [0, 0.1) is 17.8 Å². The van der Waals surface area contributed by atoms with Crippen molar-refractivity contribution in [2.75, 3.05) is 20.1 Å². The van der Waals surface area contributed by atoms with Crippen LogP contribution in [-0.4, -0.2) is 25.0 Å². The van der Waals surface area contributed by atoms with E-state index in [1.165, 1.54) is 6.42 Å². The topological polar surface area (TPSA) is 3.24 Å². The van der Waals surface area contributed by atoms with Crippen LogP contribution in [0.15, 0.2) is 0 Å². The third-order valence-electron chi connectivity index (χ3n) is 1.87. The molecule has 92 valence electrons. The minimum Gasteiger partial charge on any atom is -0.307 e. The molecule has 1 heteroatoms. The lowest BCUT2D eigenvalue weighted by molar-refractivity contribution is 0.334. The van der Waals surface area contributed by atoms with Crippen LogP contribution < -0.4 is 0 Å². The Morgan fingerprint density at radius 1 is 1.13 bits per heavy atom. The maximum absolute atomic E-state index is 3.15. The Hall–Kier alpha value is -0.480. The molecule has 0 saturated heterocycles. The van der Waals surface area contributed by atoms with Gasteiger partial charge in [-0.3, -0.25) is 0 Å². The highest BCUT2D eigenvalue weighted by Crippen LogP contribution is 2.00. The van der Waals surface area contributed by atoms with Crippen LogP contribution in [0.1, 0.15) is 54.9 Å². The van der Waals surface area contributed by atoms with Gasteiger partial charge in [-0.25, -0.2) is 0 Å². The zero-order valence-electron chi connectivity index (χ0n) is 12.1. The molecular formula is C14H31N. The van der Waals surface area contributed by atoms with Gasteiger partial charge in [0.25, 0.3) is 0 Å². The first-order valence-corrected chi connectivity index (χ1v) is 6.31. The third-order valence-corrected chi connectivity index (χ3v) is 1.87. The van der Waals surface area contributed by atoms with Crippen LogP contribution in [0.2, 0.25) is 0 Å². The first-order chi connectivity index (χ1) is 7.20. The quantitative estimate of drug-likeness (QED) is 0.637. The summed E-state index contributed by atoms with van der Waals surface area (Å²) in [6.45, 7) is 16.6. The van der Waals surface area contributed by atoms with Crippen LogP contribution >= 0.6 is 0 Å². The minimum absolute atomic E-state index is 0.550. The van der Waals surface area contributed by atoms with Gasteiger partial charge in [-0.1, -0.05) is 41.5 Å². The molecule has 15 heavy (non-hydrogen) atoms. The van der Waals surface area contributed by atoms with Crippen LogP contribution in [0.5, 0.6) is 0 Å². The number of hydrogen-bond donors (Lipinski definition) is 0. The van der Waals surface area contributed by atoms with Crippen molar-refractivity contribution in [3.63, 3.8) is 0 Å². The molecule has 1 atom stereocenters. The van der Waals surface area contributed by atoms with Gasteiger partial charge in [0.2, 0.25) is 0 Å². The Morgan fingerprint density at radius 2 is 1.60 bits per heavy atom. The molecule has 0 aliphatic rings. The Morgan fingerprint density at radius 3 is 1.93 bits per heavy atom. The van der Waals surface area contributed by atoms with Gasteiger partial charge in [0.1, 0.15) is 0 Å². The molecule has 0 radical (unpaired) electrons. The summed E-state index contributed by atoms with van der Waals surface area (Å²) in [5.74, 6) is 6.64. The predicted octanol–water partition coefficient (Wildman–Crippen LogP) is 4.04. The maximum atomic E-state index is 3.15. The summed E-state index contributed by atoms with van der Waals surface area (Å²) in [6.07, 6.45) is 1.19. The normalized spacial score (nSPS) is 9.93. The highest BCUT2D eigenvalue weighted by Gasteiger charge is 1.98. The second-order valence-corrected chi connectivity index (χ2v) is 2.98. The Kier molecular flexibility index (Phi) is 25.5. The Balaban J connectivity index is -0.000000318. The second kappa shape index (κ2) is 19.1. The van der Waals surface area contributed by atoms with Gasteiger partial charge in [-0.2, -0.15) is 0 Å². The number of nitrogens with zero attached hydrogens (tertiary/aromatic N) is 1. The molecule has 0 spiro atoms. The van der Waals surface area contributed by atoms with Gasteiger partial charge in [0.15, 0.2) is 0 Å². The van der Waals surface area contributed by atoms with Crippen molar-refractivity contribution >= 4 is 0 Å². The molecule has 1 unspecified atom stereocenters. The fourth-order valence-corrected chi connectivity index (χ4v) is 0.891. The zero-order valence-corrected chi connectivity index (χ0v) is 12.1. The first-order valence-electron chi connectivity index (χ1n) is 6.31. The van der Waals surface area contributed by atoms with Crippen LogP contribution in [-0.2, 0) is 0 Å². The van der Waals surface area contributed by atoms with Crippen LogP contribution in [0.25, 0.3) is 0 Å². The van der Waals surface area contributed by atoms with Gasteiger partial charge in [0, 0.05) is 5.92 Å². The molecule has 0 fully saturated rings. The summed E-state index contributed by atoms with van der Waals surface area (Å²) < 4.78 is 0. The van der Waals surface area contributed by atoms with Gasteiger partial charge < -0.3 is 4.90 Å². The largest absolute Gasteiger partial charge is 0.307 e. The van der Waals surface area contributed by atoms with Crippen molar-refractivity contribution in [3.8, 4) is 11.8 Å². The fraction of sp³-hybridized carbons (Fsp3) is 0.857. The van der Waals surface area contributed by atoms with E-state index in [0.717, 1.165) is 13.1 Å². The van der Waals surface area contributed by atoms with E-state index in [1.54, 1.807) is 0 Å². The second-order valence-electron chi connectivity index (χ2n) is 2.98. The van der Waals surface area contributed by atoms with E-state index in [2.05, 4.69) is 37.6 Å². The van der Waals surface area contributed by atoms with Crippen molar-refractivity contribution in [3.05, 3.63) is 0 Å². The molecule has 0 aromatic rings. The molecule has 0 N–H and O–H groups in total. The minimum atomic E-state index is 0.550. The molecule has 0 rings (SSSR count). The van der Waals surface area contributed by atoms with Crippen molar-refractivity contribution in [1.29, 1.82) is 0 Å². The molecule has 0 aliphatic carbocycles. The summed E-state index contributed by atoms with van der Waals surface area (Å²) in [4.78, 5) is 2.31. The van der Waals surface area contributed by atoms with Crippen molar-refractivity contribution in [1.82, 2.24) is 4.90 Å². The van der Waals surface area contributed by atoms with Crippen molar-refractivity contribution in [2.24, 2.45) is 5.92 Å². The standard InChI is InChI=1S/C10H19N.2C2H6/c1-5-7-10(3)8-9-11(4)6-2;2*1-2/h10H,6,8-9H2,1-4H3;2*1-2H3. The van der Waals surface area contributed by atoms with Gasteiger partial charge in [-0.15, -0.1) is 11.8 Å². The Labute approximate surface area is 98.3 Å². The molecule has 0 bridgehead atoms. The van der Waals surface area contributed by atoms with E-state index in [-0.39, 0.29) is 0 Å². The molecule has 1 nitrogen and oxygen atoms in total. The summed E-state index contributed by atoms with van der Waals surface area (Å²) in [5.41, 5.74) is 0. The average Bonchev–Trinajstić information content (AvgIpc) is 2.31.